The van der Waals surface area contributed by atoms with Crippen molar-refractivity contribution >= 4 is 0 Å². The number of hydrogen-bond donors (Lipinski definition) is 1. The van der Waals surface area contributed by atoms with Gasteiger partial charge in [0.2, 0.25) is 0 Å². The van der Waals surface area contributed by atoms with Gasteiger partial charge in [-0.05, 0) is 13.8 Å². The molecule has 1 aromatic carbocycles. The van der Waals surface area contributed by atoms with E-state index in [-0.39, 0.29) is 0 Å². The molecule has 0 saturated heterocycles. The Kier molecular flexibility index (Phi) is 2.86. The van der Waals surface area contributed by atoms with Crippen molar-refractivity contribution in [2.24, 2.45) is 5.73 Å². The van der Waals surface area contributed by atoms with E-state index in [1.54, 1.807) is 13.8 Å². The Morgan fingerprint density at radius 2 is 1.72 bits per heavy atom. The van der Waals surface area contributed by atoms with Gasteiger partial charge in [-0.2, -0.15) is 0 Å². The summed E-state index contributed by atoms with van der Waals surface area (Å²) < 4.78 is 40.7. The van der Waals surface area contributed by atoms with E-state index in [0.29, 0.717) is 17.8 Å². The van der Waals surface area contributed by atoms with Crippen LogP contribution in [0.2, 0.25) is 0 Å². The summed E-state index contributed by atoms with van der Waals surface area (Å²) in [5, 5.41) is 7.32. The minimum Gasteiger partial charge on any atom is -0.320 e. The fourth-order valence-corrected chi connectivity index (χ4v) is 1.42. The zero-order valence-corrected chi connectivity index (χ0v) is 9.78. The minimum atomic E-state index is -1.06. The fourth-order valence-electron chi connectivity index (χ4n) is 1.42. The molecule has 0 aliphatic heterocycles. The molecule has 0 spiro atoms. The first-order valence-electron chi connectivity index (χ1n) is 5.15. The van der Waals surface area contributed by atoms with Gasteiger partial charge in [-0.1, -0.05) is 5.21 Å². The second kappa shape index (κ2) is 4.09. The Morgan fingerprint density at radius 1 is 1.17 bits per heavy atom. The predicted molar refractivity (Wildman–Crippen MR) is 58.4 cm³/mol. The molecule has 0 aliphatic rings. The number of rotatable bonds is 2. The highest BCUT2D eigenvalue weighted by Crippen LogP contribution is 2.20. The molecule has 2 rings (SSSR count). The summed E-state index contributed by atoms with van der Waals surface area (Å²) in [5.41, 5.74) is 4.88. The Balaban J connectivity index is 2.53. The van der Waals surface area contributed by atoms with Crippen molar-refractivity contribution in [1.82, 2.24) is 15.0 Å². The molecule has 1 aromatic heterocycles. The van der Waals surface area contributed by atoms with Crippen molar-refractivity contribution in [1.29, 1.82) is 0 Å². The molecule has 0 unspecified atom stereocenters. The van der Waals surface area contributed by atoms with Crippen LogP contribution in [-0.4, -0.2) is 15.0 Å². The average molecular weight is 256 g/mol. The molecule has 0 radical (unpaired) electrons. The zero-order chi connectivity index (χ0) is 13.5. The van der Waals surface area contributed by atoms with E-state index in [1.807, 2.05) is 0 Å². The van der Waals surface area contributed by atoms with Crippen LogP contribution in [0.15, 0.2) is 18.3 Å². The quantitative estimate of drug-likeness (QED) is 0.892. The third-order valence-electron chi connectivity index (χ3n) is 2.36. The standard InChI is InChI=1S/C11H11F3N4/c1-11(2,15)9-5-18(17-16-9)10-7(13)3-6(12)4-8(10)14/h3-5H,15H2,1-2H3. The van der Waals surface area contributed by atoms with E-state index in [2.05, 4.69) is 10.3 Å². The molecule has 2 aromatic rings. The Hall–Kier alpha value is -1.89. The molecule has 0 fully saturated rings. The molecule has 0 aliphatic carbocycles. The van der Waals surface area contributed by atoms with Crippen molar-refractivity contribution in [2.75, 3.05) is 0 Å². The van der Waals surface area contributed by atoms with Gasteiger partial charge in [-0.25, -0.2) is 17.9 Å². The molecule has 4 nitrogen and oxygen atoms in total. The van der Waals surface area contributed by atoms with E-state index < -0.39 is 28.7 Å². The lowest BCUT2D eigenvalue weighted by Gasteiger charge is -2.13. The van der Waals surface area contributed by atoms with E-state index in [4.69, 9.17) is 5.73 Å². The first-order valence-corrected chi connectivity index (χ1v) is 5.15. The van der Waals surface area contributed by atoms with E-state index in [1.165, 1.54) is 6.20 Å². The molecule has 0 atom stereocenters. The molecule has 1 heterocycles. The number of nitrogens with zero attached hydrogens (tertiary/aromatic N) is 3. The molecule has 0 amide bonds. The minimum absolute atomic E-state index is 0.366. The molecule has 0 saturated carbocycles. The third kappa shape index (κ3) is 2.21. The Labute approximate surface area is 101 Å². The number of nitrogens with two attached hydrogens (primary N) is 1. The average Bonchev–Trinajstić information content (AvgIpc) is 2.64. The summed E-state index contributed by atoms with van der Waals surface area (Å²) in [6.45, 7) is 3.36. The van der Waals surface area contributed by atoms with Gasteiger partial charge in [0.05, 0.1) is 11.7 Å². The van der Waals surface area contributed by atoms with Crippen LogP contribution in [0.25, 0.3) is 5.69 Å². The highest BCUT2D eigenvalue weighted by atomic mass is 19.1. The second-order valence-electron chi connectivity index (χ2n) is 4.49. The zero-order valence-electron chi connectivity index (χ0n) is 9.78. The number of halogens is 3. The van der Waals surface area contributed by atoms with Crippen LogP contribution in [-0.2, 0) is 5.54 Å². The van der Waals surface area contributed by atoms with Crippen LogP contribution in [0.4, 0.5) is 13.2 Å². The lowest BCUT2D eigenvalue weighted by Crippen LogP contribution is -2.29. The SMILES string of the molecule is CC(C)(N)c1cn(-c2c(F)cc(F)cc2F)nn1. The van der Waals surface area contributed by atoms with Gasteiger partial charge < -0.3 is 5.73 Å². The topological polar surface area (TPSA) is 56.7 Å². The molecule has 18 heavy (non-hydrogen) atoms. The van der Waals surface area contributed by atoms with Gasteiger partial charge in [0.1, 0.15) is 17.2 Å². The maximum atomic E-state index is 13.5. The van der Waals surface area contributed by atoms with Crippen LogP contribution in [0.1, 0.15) is 19.5 Å². The lowest BCUT2D eigenvalue weighted by molar-refractivity contribution is 0.526. The smallest absolute Gasteiger partial charge is 0.154 e. The van der Waals surface area contributed by atoms with E-state index >= 15 is 0 Å². The highest BCUT2D eigenvalue weighted by molar-refractivity contribution is 5.35. The maximum absolute atomic E-state index is 13.5. The van der Waals surface area contributed by atoms with Gasteiger partial charge >= 0.3 is 0 Å². The van der Waals surface area contributed by atoms with E-state index in [0.717, 1.165) is 4.68 Å². The molecular formula is C11H11F3N4. The van der Waals surface area contributed by atoms with Crippen LogP contribution in [0.5, 0.6) is 0 Å². The molecule has 96 valence electrons. The summed E-state index contributed by atoms with van der Waals surface area (Å²) in [5.74, 6) is -3.11. The van der Waals surface area contributed by atoms with Gasteiger partial charge in [-0.15, -0.1) is 5.10 Å². The summed E-state index contributed by atoms with van der Waals surface area (Å²) in [6.07, 6.45) is 1.30. The fraction of sp³-hybridized carbons (Fsp3) is 0.273. The number of benzene rings is 1. The summed E-state index contributed by atoms with van der Waals surface area (Å²) in [4.78, 5) is 0. The first kappa shape index (κ1) is 12.6. The van der Waals surface area contributed by atoms with Gasteiger partial charge in [0.15, 0.2) is 11.6 Å². The highest BCUT2D eigenvalue weighted by Gasteiger charge is 2.21. The first-order chi connectivity index (χ1) is 8.29. The van der Waals surface area contributed by atoms with Crippen molar-refractivity contribution in [2.45, 2.75) is 19.4 Å². The van der Waals surface area contributed by atoms with E-state index in [9.17, 15) is 13.2 Å². The Bertz CT molecular complexity index is 563. The van der Waals surface area contributed by atoms with Crippen molar-refractivity contribution in [3.63, 3.8) is 0 Å². The molecule has 0 bridgehead atoms. The Morgan fingerprint density at radius 3 is 2.17 bits per heavy atom. The summed E-state index contributed by atoms with van der Waals surface area (Å²) in [6, 6.07) is 1.15. The van der Waals surface area contributed by atoms with Crippen LogP contribution in [0, 0.1) is 17.5 Å². The number of aromatic nitrogens is 3. The molecule has 2 N–H and O–H groups in total. The predicted octanol–water partition coefficient (Wildman–Crippen LogP) is 1.88. The lowest BCUT2D eigenvalue weighted by atomic mass is 10.0. The van der Waals surface area contributed by atoms with Gasteiger partial charge in [0.25, 0.3) is 0 Å². The summed E-state index contributed by atoms with van der Waals surface area (Å²) >= 11 is 0. The van der Waals surface area contributed by atoms with Crippen LogP contribution in [0.3, 0.4) is 0 Å². The normalized spacial score (nSPS) is 11.9. The van der Waals surface area contributed by atoms with Gasteiger partial charge in [0, 0.05) is 12.1 Å². The van der Waals surface area contributed by atoms with Crippen molar-refractivity contribution < 1.29 is 13.2 Å². The molecular weight excluding hydrogens is 245 g/mol. The van der Waals surface area contributed by atoms with Crippen molar-refractivity contribution in [3.05, 3.63) is 41.5 Å². The maximum Gasteiger partial charge on any atom is 0.154 e. The van der Waals surface area contributed by atoms with Crippen LogP contribution < -0.4 is 5.73 Å². The number of hydrogen-bond acceptors (Lipinski definition) is 3. The summed E-state index contributed by atoms with van der Waals surface area (Å²) in [7, 11) is 0. The second-order valence-corrected chi connectivity index (χ2v) is 4.49. The van der Waals surface area contributed by atoms with Gasteiger partial charge in [-0.3, -0.25) is 0 Å². The largest absolute Gasteiger partial charge is 0.320 e. The monoisotopic (exact) mass is 256 g/mol. The molecule has 7 heteroatoms. The third-order valence-corrected chi connectivity index (χ3v) is 2.36. The van der Waals surface area contributed by atoms with Crippen LogP contribution >= 0.6 is 0 Å². The van der Waals surface area contributed by atoms with Crippen molar-refractivity contribution in [3.8, 4) is 5.69 Å².